The topological polar surface area (TPSA) is 55.8 Å². The fourth-order valence-corrected chi connectivity index (χ4v) is 7.21. The molecule has 2 aliphatic rings. The summed E-state index contributed by atoms with van der Waals surface area (Å²) in [6.07, 6.45) is 48.3. The molecule has 1 aliphatic heterocycles. The summed E-state index contributed by atoms with van der Waals surface area (Å²) >= 11 is 0. The Morgan fingerprint density at radius 2 is 0.887 bits per heavy atom. The van der Waals surface area contributed by atoms with Crippen LogP contribution in [0, 0.1) is 0 Å². The summed E-state index contributed by atoms with van der Waals surface area (Å²) in [7, 11) is 0. The van der Waals surface area contributed by atoms with Crippen molar-refractivity contribution in [2.75, 3.05) is 13.2 Å². The third-order valence-electron chi connectivity index (χ3n) is 10.7. The minimum absolute atomic E-state index is 0.206. The molecule has 1 heterocycles. The average Bonchev–Trinajstić information content (AvgIpc) is 3.92. The zero-order chi connectivity index (χ0) is 37.7. The predicted molar refractivity (Wildman–Crippen MR) is 223 cm³/mol. The summed E-state index contributed by atoms with van der Waals surface area (Å²) in [5.41, 5.74) is 0.305. The molecule has 1 fully saturated rings. The molecular formula is C48H75NO4. The second-order valence-corrected chi connectivity index (χ2v) is 15.3. The number of unbranched alkanes of at least 4 members (excludes halogenated alkanes) is 18. The van der Waals surface area contributed by atoms with Crippen molar-refractivity contribution >= 4 is 11.8 Å². The van der Waals surface area contributed by atoms with Crippen LogP contribution in [0.15, 0.2) is 72.9 Å². The van der Waals surface area contributed by atoms with Gasteiger partial charge in [0, 0.05) is 13.2 Å². The first-order chi connectivity index (χ1) is 26.2. The van der Waals surface area contributed by atoms with Gasteiger partial charge >= 0.3 is 0 Å². The van der Waals surface area contributed by atoms with Gasteiger partial charge in [-0.15, -0.1) is 0 Å². The van der Waals surface area contributed by atoms with Crippen LogP contribution in [0.5, 0.6) is 0 Å². The van der Waals surface area contributed by atoms with Crippen molar-refractivity contribution in [3.63, 3.8) is 0 Å². The lowest BCUT2D eigenvalue weighted by Gasteiger charge is -2.33. The Morgan fingerprint density at radius 3 is 1.26 bits per heavy atom. The first-order valence-corrected chi connectivity index (χ1v) is 22.0. The van der Waals surface area contributed by atoms with Crippen molar-refractivity contribution in [1.82, 2.24) is 4.90 Å². The van der Waals surface area contributed by atoms with Gasteiger partial charge in [0.1, 0.15) is 5.54 Å². The van der Waals surface area contributed by atoms with Crippen molar-refractivity contribution in [2.24, 2.45) is 0 Å². The Labute approximate surface area is 324 Å². The van der Waals surface area contributed by atoms with Crippen molar-refractivity contribution in [2.45, 2.75) is 193 Å². The molecule has 1 aliphatic carbocycles. The zero-order valence-electron chi connectivity index (χ0n) is 33.9. The molecule has 0 aromatic heterocycles. The Bertz CT molecular complexity index is 1160. The van der Waals surface area contributed by atoms with E-state index in [1.54, 1.807) is 12.1 Å². The lowest BCUT2D eigenvalue weighted by Crippen LogP contribution is -2.51. The Hall–Kier alpha value is -2.76. The van der Waals surface area contributed by atoms with E-state index >= 15 is 0 Å². The standard InChI is InChI=1S/C48H75NO4/c1-3-5-7-9-11-13-15-17-19-21-23-25-27-29-31-35-41-52-47(48(39-40-48)49-45(50)43-37-33-34-38-44(43)46(49)51)53-42-36-32-30-28-26-24-22-20-18-16-14-12-10-8-6-4-2/h11-14,17-20,33-34,37-38,47H,3-10,15-16,21-32,35-36,39-42H2,1-2H3/b13-11-,14-12-,19-17-,20-18-. The molecule has 0 unspecified atom stereocenters. The van der Waals surface area contributed by atoms with Crippen LogP contribution in [0.2, 0.25) is 0 Å². The van der Waals surface area contributed by atoms with Crippen LogP contribution in [0.1, 0.15) is 202 Å². The van der Waals surface area contributed by atoms with Gasteiger partial charge in [-0.25, -0.2) is 0 Å². The number of hydrogen-bond acceptors (Lipinski definition) is 4. The molecule has 0 N–H and O–H groups in total. The third kappa shape index (κ3) is 17.5. The van der Waals surface area contributed by atoms with Gasteiger partial charge in [0.05, 0.1) is 11.1 Å². The van der Waals surface area contributed by atoms with Gasteiger partial charge in [0.15, 0.2) is 6.29 Å². The van der Waals surface area contributed by atoms with E-state index in [-0.39, 0.29) is 11.8 Å². The number of rotatable bonds is 34. The number of ether oxygens (including phenoxy) is 2. The fraction of sp³-hybridized carbons (Fsp3) is 0.667. The number of carbonyl (C=O) groups is 2. The van der Waals surface area contributed by atoms with Gasteiger partial charge < -0.3 is 9.47 Å². The maximum Gasteiger partial charge on any atom is 0.262 e. The quantitative estimate of drug-likeness (QED) is 0.0307. The number of nitrogens with zero attached hydrogens (tertiary/aromatic N) is 1. The molecular weight excluding hydrogens is 655 g/mol. The molecule has 0 spiro atoms. The summed E-state index contributed by atoms with van der Waals surface area (Å²) in [4.78, 5) is 28.4. The number of fused-ring (bicyclic) bond motifs is 1. The molecule has 3 rings (SSSR count). The molecule has 0 radical (unpaired) electrons. The smallest absolute Gasteiger partial charge is 0.262 e. The average molecular weight is 730 g/mol. The molecule has 0 atom stereocenters. The molecule has 53 heavy (non-hydrogen) atoms. The lowest BCUT2D eigenvalue weighted by molar-refractivity contribution is -0.179. The van der Waals surface area contributed by atoms with E-state index in [0.29, 0.717) is 24.3 Å². The van der Waals surface area contributed by atoms with Crippen LogP contribution in [0.25, 0.3) is 0 Å². The Balaban J connectivity index is 1.31. The summed E-state index contributed by atoms with van der Waals surface area (Å²) in [6.45, 7) is 5.69. The first-order valence-electron chi connectivity index (χ1n) is 22.0. The molecule has 5 nitrogen and oxygen atoms in total. The molecule has 0 bridgehead atoms. The number of imide groups is 1. The van der Waals surface area contributed by atoms with Crippen LogP contribution in [-0.2, 0) is 9.47 Å². The Kier molecular flexibility index (Phi) is 24.1. The van der Waals surface area contributed by atoms with Crippen molar-refractivity contribution in [1.29, 1.82) is 0 Å². The van der Waals surface area contributed by atoms with Gasteiger partial charge in [0.2, 0.25) is 0 Å². The third-order valence-corrected chi connectivity index (χ3v) is 10.7. The van der Waals surface area contributed by atoms with Crippen molar-refractivity contribution < 1.29 is 19.1 Å². The van der Waals surface area contributed by atoms with E-state index in [1.165, 1.54) is 120 Å². The maximum atomic E-state index is 13.4. The summed E-state index contributed by atoms with van der Waals surface area (Å²) in [5.74, 6) is -0.412. The van der Waals surface area contributed by atoms with Gasteiger partial charge in [-0.1, -0.05) is 152 Å². The maximum absolute atomic E-state index is 13.4. The van der Waals surface area contributed by atoms with E-state index in [0.717, 1.165) is 51.4 Å². The fourth-order valence-electron chi connectivity index (χ4n) is 7.21. The molecule has 5 heteroatoms. The van der Waals surface area contributed by atoms with Crippen molar-refractivity contribution in [3.05, 3.63) is 84.0 Å². The van der Waals surface area contributed by atoms with Gasteiger partial charge in [-0.3, -0.25) is 14.5 Å². The van der Waals surface area contributed by atoms with Crippen LogP contribution in [-0.4, -0.2) is 41.8 Å². The summed E-state index contributed by atoms with van der Waals surface area (Å²) in [6, 6.07) is 7.18. The highest BCUT2D eigenvalue weighted by molar-refractivity contribution is 6.22. The monoisotopic (exact) mass is 730 g/mol. The molecule has 1 aromatic rings. The minimum atomic E-state index is -0.691. The van der Waals surface area contributed by atoms with E-state index in [1.807, 2.05) is 12.1 Å². The molecule has 1 saturated carbocycles. The van der Waals surface area contributed by atoms with E-state index in [9.17, 15) is 9.59 Å². The van der Waals surface area contributed by atoms with Crippen LogP contribution in [0.4, 0.5) is 0 Å². The summed E-state index contributed by atoms with van der Waals surface area (Å²) in [5, 5.41) is 0. The number of amides is 2. The molecule has 1 aromatic carbocycles. The highest BCUT2D eigenvalue weighted by Crippen LogP contribution is 2.49. The van der Waals surface area contributed by atoms with Crippen LogP contribution < -0.4 is 0 Å². The van der Waals surface area contributed by atoms with E-state index < -0.39 is 11.8 Å². The number of carbonyl (C=O) groups excluding carboxylic acids is 2. The number of allylic oxidation sites excluding steroid dienone is 8. The molecule has 0 saturated heterocycles. The number of hydrogen-bond donors (Lipinski definition) is 0. The lowest BCUT2D eigenvalue weighted by atomic mass is 10.1. The summed E-state index contributed by atoms with van der Waals surface area (Å²) < 4.78 is 12.9. The zero-order valence-corrected chi connectivity index (χ0v) is 33.9. The first kappa shape index (κ1) is 44.6. The second kappa shape index (κ2) is 28.7. The predicted octanol–water partition coefficient (Wildman–Crippen LogP) is 13.8. The van der Waals surface area contributed by atoms with Crippen molar-refractivity contribution in [3.8, 4) is 0 Å². The van der Waals surface area contributed by atoms with Crippen LogP contribution >= 0.6 is 0 Å². The number of benzene rings is 1. The second-order valence-electron chi connectivity index (χ2n) is 15.3. The Morgan fingerprint density at radius 1 is 0.528 bits per heavy atom. The van der Waals surface area contributed by atoms with Gasteiger partial charge in [0.25, 0.3) is 11.8 Å². The van der Waals surface area contributed by atoms with E-state index in [4.69, 9.17) is 9.47 Å². The SMILES string of the molecule is CCCCC/C=C\C/C=C\CCCCCCCCOC(OCCCCCCCC/C=C\C/C=C\CCCCC)C1(N2C(=O)c3ccccc3C2=O)CC1. The minimum Gasteiger partial charge on any atom is -0.350 e. The largest absolute Gasteiger partial charge is 0.350 e. The highest BCUT2D eigenvalue weighted by Gasteiger charge is 2.62. The van der Waals surface area contributed by atoms with E-state index in [2.05, 4.69) is 62.5 Å². The van der Waals surface area contributed by atoms with Gasteiger partial charge in [-0.05, 0) is 102 Å². The molecule has 2 amide bonds. The highest BCUT2D eigenvalue weighted by atomic mass is 16.7. The molecule has 296 valence electrons. The van der Waals surface area contributed by atoms with Crippen LogP contribution in [0.3, 0.4) is 0 Å². The normalized spacial score (nSPS) is 15.5. The van der Waals surface area contributed by atoms with Gasteiger partial charge in [-0.2, -0.15) is 0 Å².